The highest BCUT2D eigenvalue weighted by atomic mass is 32.2. The molecule has 0 spiro atoms. The van der Waals surface area contributed by atoms with Crippen LogP contribution in [0, 0.1) is 5.92 Å². The molecule has 0 aliphatic carbocycles. The van der Waals surface area contributed by atoms with Crippen LogP contribution in [0.1, 0.15) is 33.6 Å². The lowest BCUT2D eigenvalue weighted by Gasteiger charge is -2.11. The van der Waals surface area contributed by atoms with Crippen LogP contribution in [0.4, 0.5) is 5.69 Å². The van der Waals surface area contributed by atoms with Gasteiger partial charge in [-0.15, -0.1) is 11.8 Å². The van der Waals surface area contributed by atoms with Crippen molar-refractivity contribution in [3.63, 3.8) is 0 Å². The Kier molecular flexibility index (Phi) is 6.27. The fraction of sp³-hybridized carbons (Fsp3) is 0.571. The maximum absolute atomic E-state index is 5.88. The van der Waals surface area contributed by atoms with Gasteiger partial charge in [-0.25, -0.2) is 0 Å². The minimum Gasteiger partial charge on any atom is -0.493 e. The highest BCUT2D eigenvalue weighted by molar-refractivity contribution is 7.99. The minimum absolute atomic E-state index is 0.737. The van der Waals surface area contributed by atoms with Gasteiger partial charge in [0, 0.05) is 22.4 Å². The molecular weight excluding hydrogens is 230 g/mol. The van der Waals surface area contributed by atoms with Gasteiger partial charge < -0.3 is 10.5 Å². The van der Waals surface area contributed by atoms with Gasteiger partial charge in [-0.3, -0.25) is 0 Å². The van der Waals surface area contributed by atoms with Gasteiger partial charge in [0.2, 0.25) is 0 Å². The number of nitrogens with two attached hydrogens (primary N) is 1. The van der Waals surface area contributed by atoms with Gasteiger partial charge in [-0.2, -0.15) is 0 Å². The highest BCUT2D eigenvalue weighted by Crippen LogP contribution is 2.28. The predicted octanol–water partition coefficient (Wildman–Crippen LogP) is 4.20. The van der Waals surface area contributed by atoms with Gasteiger partial charge in [-0.05, 0) is 24.5 Å². The Balaban J connectivity index is 2.61. The maximum atomic E-state index is 5.88. The maximum Gasteiger partial charge on any atom is 0.122 e. The SMILES string of the molecule is CCCOc1cc(N)cc(SCC(C)CC)c1. The zero-order chi connectivity index (χ0) is 12.7. The second kappa shape index (κ2) is 7.49. The standard InChI is InChI=1S/C14H23NOS/c1-4-6-16-13-7-12(15)8-14(9-13)17-10-11(3)5-2/h7-9,11H,4-6,10,15H2,1-3H3. The molecule has 1 aromatic carbocycles. The van der Waals surface area contributed by atoms with Gasteiger partial charge in [0.25, 0.3) is 0 Å². The number of rotatable bonds is 7. The normalized spacial score (nSPS) is 12.4. The molecule has 3 heteroatoms. The minimum atomic E-state index is 0.737. The number of anilines is 1. The molecule has 0 fully saturated rings. The van der Waals surface area contributed by atoms with E-state index < -0.39 is 0 Å². The largest absolute Gasteiger partial charge is 0.493 e. The van der Waals surface area contributed by atoms with E-state index in [1.807, 2.05) is 23.9 Å². The number of hydrogen-bond donors (Lipinski definition) is 1. The summed E-state index contributed by atoms with van der Waals surface area (Å²) in [6.45, 7) is 7.35. The molecule has 1 unspecified atom stereocenters. The average Bonchev–Trinajstić information content (AvgIpc) is 2.32. The third-order valence-electron chi connectivity index (χ3n) is 2.61. The third kappa shape index (κ3) is 5.35. The van der Waals surface area contributed by atoms with E-state index in [-0.39, 0.29) is 0 Å². The summed E-state index contributed by atoms with van der Waals surface area (Å²) < 4.78 is 5.62. The Morgan fingerprint density at radius 2 is 2.06 bits per heavy atom. The van der Waals surface area contributed by atoms with Crippen molar-refractivity contribution >= 4 is 17.4 Å². The number of ether oxygens (including phenoxy) is 1. The molecule has 0 aromatic heterocycles. The van der Waals surface area contributed by atoms with Crippen molar-refractivity contribution in [2.24, 2.45) is 5.92 Å². The van der Waals surface area contributed by atoms with Crippen LogP contribution >= 0.6 is 11.8 Å². The molecule has 0 saturated heterocycles. The lowest BCUT2D eigenvalue weighted by atomic mass is 10.2. The first-order chi connectivity index (χ1) is 8.15. The lowest BCUT2D eigenvalue weighted by Crippen LogP contribution is -1.98. The summed E-state index contributed by atoms with van der Waals surface area (Å²) in [7, 11) is 0. The molecule has 1 aromatic rings. The van der Waals surface area contributed by atoms with Gasteiger partial charge in [0.15, 0.2) is 0 Å². The van der Waals surface area contributed by atoms with E-state index in [1.54, 1.807) is 0 Å². The molecule has 0 amide bonds. The molecule has 2 N–H and O–H groups in total. The molecule has 1 rings (SSSR count). The van der Waals surface area contributed by atoms with Gasteiger partial charge in [0.1, 0.15) is 5.75 Å². The zero-order valence-electron chi connectivity index (χ0n) is 11.0. The summed E-state index contributed by atoms with van der Waals surface area (Å²) in [6.07, 6.45) is 2.23. The summed E-state index contributed by atoms with van der Waals surface area (Å²) in [5, 5.41) is 0. The summed E-state index contributed by atoms with van der Waals surface area (Å²) >= 11 is 1.85. The number of nitrogen functional groups attached to an aromatic ring is 1. The first-order valence-corrected chi connectivity index (χ1v) is 7.30. The topological polar surface area (TPSA) is 35.2 Å². The predicted molar refractivity (Wildman–Crippen MR) is 76.8 cm³/mol. The first-order valence-electron chi connectivity index (χ1n) is 6.31. The van der Waals surface area contributed by atoms with Crippen LogP contribution in [-0.2, 0) is 0 Å². The Labute approximate surface area is 109 Å². The first kappa shape index (κ1) is 14.2. The molecule has 1 atom stereocenters. The third-order valence-corrected chi connectivity index (χ3v) is 3.91. The van der Waals surface area contributed by atoms with E-state index in [4.69, 9.17) is 10.5 Å². The smallest absolute Gasteiger partial charge is 0.122 e. The van der Waals surface area contributed by atoms with Crippen LogP contribution in [0.5, 0.6) is 5.75 Å². The summed E-state index contributed by atoms with van der Waals surface area (Å²) in [6, 6.07) is 5.99. The Morgan fingerprint density at radius 1 is 1.29 bits per heavy atom. The van der Waals surface area contributed by atoms with Crippen molar-refractivity contribution in [1.82, 2.24) is 0 Å². The van der Waals surface area contributed by atoms with Crippen LogP contribution in [-0.4, -0.2) is 12.4 Å². The molecule has 0 radical (unpaired) electrons. The second-order valence-electron chi connectivity index (χ2n) is 4.41. The van der Waals surface area contributed by atoms with Crippen LogP contribution in [0.15, 0.2) is 23.1 Å². The van der Waals surface area contributed by atoms with Crippen molar-refractivity contribution in [3.05, 3.63) is 18.2 Å². The molecular formula is C14H23NOS. The summed E-state index contributed by atoms with van der Waals surface area (Å²) in [5.74, 6) is 2.76. The molecule has 0 saturated carbocycles. The lowest BCUT2D eigenvalue weighted by molar-refractivity contribution is 0.317. The molecule has 0 aliphatic heterocycles. The number of thioether (sulfide) groups is 1. The van der Waals surface area contributed by atoms with E-state index in [1.165, 1.54) is 11.3 Å². The zero-order valence-corrected chi connectivity index (χ0v) is 11.8. The molecule has 0 aliphatic rings. The van der Waals surface area contributed by atoms with Gasteiger partial charge in [-0.1, -0.05) is 27.2 Å². The van der Waals surface area contributed by atoms with E-state index in [0.717, 1.165) is 36.1 Å². The Hall–Kier alpha value is -0.830. The molecule has 17 heavy (non-hydrogen) atoms. The van der Waals surface area contributed by atoms with E-state index in [9.17, 15) is 0 Å². The summed E-state index contributed by atoms with van der Waals surface area (Å²) in [5.41, 5.74) is 6.66. The second-order valence-corrected chi connectivity index (χ2v) is 5.50. The highest BCUT2D eigenvalue weighted by Gasteiger charge is 2.04. The molecule has 0 heterocycles. The van der Waals surface area contributed by atoms with Gasteiger partial charge in [0.05, 0.1) is 6.61 Å². The van der Waals surface area contributed by atoms with Crippen LogP contribution in [0.2, 0.25) is 0 Å². The molecule has 2 nitrogen and oxygen atoms in total. The molecule has 96 valence electrons. The van der Waals surface area contributed by atoms with Crippen molar-refractivity contribution in [3.8, 4) is 5.75 Å². The van der Waals surface area contributed by atoms with E-state index in [2.05, 4.69) is 26.8 Å². The number of hydrogen-bond acceptors (Lipinski definition) is 3. The van der Waals surface area contributed by atoms with Crippen LogP contribution in [0.25, 0.3) is 0 Å². The van der Waals surface area contributed by atoms with Crippen molar-refractivity contribution in [2.75, 3.05) is 18.1 Å². The molecule has 0 bridgehead atoms. The average molecular weight is 253 g/mol. The van der Waals surface area contributed by atoms with Gasteiger partial charge >= 0.3 is 0 Å². The fourth-order valence-electron chi connectivity index (χ4n) is 1.34. The monoisotopic (exact) mass is 253 g/mol. The van der Waals surface area contributed by atoms with Crippen molar-refractivity contribution in [1.29, 1.82) is 0 Å². The quantitative estimate of drug-likeness (QED) is 0.584. The van der Waals surface area contributed by atoms with Crippen LogP contribution in [0.3, 0.4) is 0 Å². The van der Waals surface area contributed by atoms with E-state index >= 15 is 0 Å². The Morgan fingerprint density at radius 3 is 2.71 bits per heavy atom. The Bertz CT molecular complexity index is 341. The summed E-state index contributed by atoms with van der Waals surface area (Å²) in [4.78, 5) is 1.21. The number of benzene rings is 1. The van der Waals surface area contributed by atoms with E-state index in [0.29, 0.717) is 0 Å². The van der Waals surface area contributed by atoms with Crippen molar-refractivity contribution < 1.29 is 4.74 Å². The fourth-order valence-corrected chi connectivity index (χ4v) is 2.47. The van der Waals surface area contributed by atoms with Crippen LogP contribution < -0.4 is 10.5 Å². The van der Waals surface area contributed by atoms with Crippen molar-refractivity contribution in [2.45, 2.75) is 38.5 Å².